The fourth-order valence-electron chi connectivity index (χ4n) is 1.96. The number of rotatable bonds is 2. The molecule has 0 radical (unpaired) electrons. The Hall–Kier alpha value is -1.90. The molecule has 16 heavy (non-hydrogen) atoms. The molecular formula is C13H13NO2. The third-order valence-corrected chi connectivity index (χ3v) is 2.62. The first-order valence-corrected chi connectivity index (χ1v) is 5.22. The summed E-state index contributed by atoms with van der Waals surface area (Å²) in [4.78, 5) is 15.3. The van der Waals surface area contributed by atoms with Crippen molar-refractivity contribution in [2.75, 3.05) is 0 Å². The molecule has 0 amide bonds. The normalized spacial score (nSPS) is 10.9. The fraction of sp³-hybridized carbons (Fsp3) is 0.231. The van der Waals surface area contributed by atoms with Crippen molar-refractivity contribution in [3.63, 3.8) is 0 Å². The van der Waals surface area contributed by atoms with E-state index < -0.39 is 5.97 Å². The minimum absolute atomic E-state index is 0.166. The van der Waals surface area contributed by atoms with Crippen LogP contribution in [0.3, 0.4) is 0 Å². The van der Waals surface area contributed by atoms with Crippen LogP contribution in [0.25, 0.3) is 10.9 Å². The van der Waals surface area contributed by atoms with Gasteiger partial charge in [-0.3, -0.25) is 4.98 Å². The SMILES string of the molecule is CC(C)c1c(C(=O)O)cnc2ccccc12. The standard InChI is InChI=1S/C13H13NO2/c1-8(2)12-9-5-3-4-6-11(9)14-7-10(12)13(15)16/h3-8H,1-2H3,(H,15,16). The van der Waals surface area contributed by atoms with Gasteiger partial charge in [-0.2, -0.15) is 0 Å². The van der Waals surface area contributed by atoms with Crippen molar-refractivity contribution < 1.29 is 9.90 Å². The zero-order valence-corrected chi connectivity index (χ0v) is 9.27. The van der Waals surface area contributed by atoms with Crippen molar-refractivity contribution in [3.05, 3.63) is 41.6 Å². The van der Waals surface area contributed by atoms with E-state index in [4.69, 9.17) is 5.11 Å². The minimum atomic E-state index is -0.915. The van der Waals surface area contributed by atoms with Gasteiger partial charge >= 0.3 is 5.97 Å². The van der Waals surface area contributed by atoms with Gasteiger partial charge < -0.3 is 5.11 Å². The molecule has 2 aromatic rings. The van der Waals surface area contributed by atoms with Crippen LogP contribution in [-0.4, -0.2) is 16.1 Å². The third kappa shape index (κ3) is 1.65. The number of para-hydroxylation sites is 1. The lowest BCUT2D eigenvalue weighted by atomic mass is 9.94. The van der Waals surface area contributed by atoms with E-state index in [2.05, 4.69) is 4.98 Å². The number of pyridine rings is 1. The molecule has 0 saturated heterocycles. The summed E-state index contributed by atoms with van der Waals surface area (Å²) in [5, 5.41) is 10.1. The lowest BCUT2D eigenvalue weighted by molar-refractivity contribution is 0.0695. The quantitative estimate of drug-likeness (QED) is 0.837. The predicted molar refractivity (Wildman–Crippen MR) is 62.8 cm³/mol. The summed E-state index contributed by atoms with van der Waals surface area (Å²) in [6.07, 6.45) is 1.44. The Bertz CT molecular complexity index is 547. The largest absolute Gasteiger partial charge is 0.478 e. The number of benzene rings is 1. The molecule has 1 aromatic carbocycles. The summed E-state index contributed by atoms with van der Waals surface area (Å²) in [6, 6.07) is 7.62. The van der Waals surface area contributed by atoms with E-state index in [9.17, 15) is 4.79 Å². The molecule has 0 spiro atoms. The van der Waals surface area contributed by atoms with Crippen molar-refractivity contribution in [1.29, 1.82) is 0 Å². The van der Waals surface area contributed by atoms with Crippen LogP contribution >= 0.6 is 0 Å². The number of hydrogen-bond acceptors (Lipinski definition) is 2. The second-order valence-electron chi connectivity index (χ2n) is 4.06. The highest BCUT2D eigenvalue weighted by Gasteiger charge is 2.16. The maximum Gasteiger partial charge on any atom is 0.337 e. The van der Waals surface area contributed by atoms with Crippen molar-refractivity contribution in [2.24, 2.45) is 0 Å². The number of aromatic nitrogens is 1. The van der Waals surface area contributed by atoms with E-state index in [0.717, 1.165) is 16.5 Å². The zero-order chi connectivity index (χ0) is 11.7. The third-order valence-electron chi connectivity index (χ3n) is 2.62. The summed E-state index contributed by atoms with van der Waals surface area (Å²) in [5.74, 6) is -0.749. The molecule has 3 nitrogen and oxygen atoms in total. The van der Waals surface area contributed by atoms with Gasteiger partial charge in [-0.1, -0.05) is 32.0 Å². The number of aromatic carboxylic acids is 1. The first kappa shape index (κ1) is 10.6. The van der Waals surface area contributed by atoms with Crippen LogP contribution in [0.2, 0.25) is 0 Å². The summed E-state index contributed by atoms with van der Waals surface area (Å²) in [7, 11) is 0. The molecular weight excluding hydrogens is 202 g/mol. The first-order chi connectivity index (χ1) is 7.61. The van der Waals surface area contributed by atoms with Crippen molar-refractivity contribution >= 4 is 16.9 Å². The highest BCUT2D eigenvalue weighted by atomic mass is 16.4. The summed E-state index contributed by atoms with van der Waals surface area (Å²) in [5.41, 5.74) is 2.00. The molecule has 0 aliphatic heterocycles. The smallest absolute Gasteiger partial charge is 0.337 e. The fourth-order valence-corrected chi connectivity index (χ4v) is 1.96. The molecule has 0 aliphatic rings. The van der Waals surface area contributed by atoms with Gasteiger partial charge in [-0.15, -0.1) is 0 Å². The Morgan fingerprint density at radius 1 is 1.31 bits per heavy atom. The van der Waals surface area contributed by atoms with Crippen LogP contribution in [0.5, 0.6) is 0 Å². The highest BCUT2D eigenvalue weighted by molar-refractivity contribution is 5.96. The number of carboxylic acid groups (broad SMARTS) is 1. The number of hydrogen-bond donors (Lipinski definition) is 1. The molecule has 2 rings (SSSR count). The predicted octanol–water partition coefficient (Wildman–Crippen LogP) is 3.06. The van der Waals surface area contributed by atoms with Crippen molar-refractivity contribution in [3.8, 4) is 0 Å². The summed E-state index contributed by atoms with van der Waals surface area (Å²) < 4.78 is 0. The van der Waals surface area contributed by atoms with Gasteiger partial charge in [0.2, 0.25) is 0 Å². The molecule has 0 fully saturated rings. The van der Waals surface area contributed by atoms with Gasteiger partial charge in [0.15, 0.2) is 0 Å². The van der Waals surface area contributed by atoms with Crippen LogP contribution in [0.1, 0.15) is 35.7 Å². The molecule has 0 atom stereocenters. The monoisotopic (exact) mass is 215 g/mol. The van der Waals surface area contributed by atoms with Gasteiger partial charge in [-0.25, -0.2) is 4.79 Å². The molecule has 1 N–H and O–H groups in total. The lowest BCUT2D eigenvalue weighted by Crippen LogP contribution is -2.05. The molecule has 82 valence electrons. The molecule has 0 aliphatic carbocycles. The Balaban J connectivity index is 2.84. The van der Waals surface area contributed by atoms with Gasteiger partial charge in [0, 0.05) is 11.6 Å². The molecule has 0 bridgehead atoms. The van der Waals surface area contributed by atoms with Gasteiger partial charge in [0.25, 0.3) is 0 Å². The van der Waals surface area contributed by atoms with E-state index >= 15 is 0 Å². The van der Waals surface area contributed by atoms with Crippen molar-refractivity contribution in [2.45, 2.75) is 19.8 Å². The Labute approximate surface area is 93.7 Å². The topological polar surface area (TPSA) is 50.2 Å². The number of carbonyl (C=O) groups is 1. The average Bonchev–Trinajstić information content (AvgIpc) is 2.27. The van der Waals surface area contributed by atoms with Gasteiger partial charge in [0.1, 0.15) is 0 Å². The van der Waals surface area contributed by atoms with E-state index in [1.807, 2.05) is 38.1 Å². The molecule has 0 saturated carbocycles. The lowest BCUT2D eigenvalue weighted by Gasteiger charge is -2.12. The van der Waals surface area contributed by atoms with Crippen LogP contribution in [0, 0.1) is 0 Å². The second-order valence-corrected chi connectivity index (χ2v) is 4.06. The van der Waals surface area contributed by atoms with Crippen LogP contribution in [0.15, 0.2) is 30.5 Å². The molecule has 1 aromatic heterocycles. The van der Waals surface area contributed by atoms with Crippen molar-refractivity contribution in [1.82, 2.24) is 4.98 Å². The van der Waals surface area contributed by atoms with E-state index in [1.54, 1.807) is 0 Å². The van der Waals surface area contributed by atoms with E-state index in [1.165, 1.54) is 6.20 Å². The number of nitrogens with zero attached hydrogens (tertiary/aromatic N) is 1. The van der Waals surface area contributed by atoms with Crippen LogP contribution in [0.4, 0.5) is 0 Å². The Morgan fingerprint density at radius 2 is 2.00 bits per heavy atom. The number of fused-ring (bicyclic) bond motifs is 1. The second kappa shape index (κ2) is 3.93. The Kier molecular flexibility index (Phi) is 2.60. The maximum absolute atomic E-state index is 11.1. The van der Waals surface area contributed by atoms with Crippen LogP contribution in [-0.2, 0) is 0 Å². The van der Waals surface area contributed by atoms with Crippen LogP contribution < -0.4 is 0 Å². The maximum atomic E-state index is 11.1. The molecule has 1 heterocycles. The molecule has 0 unspecified atom stereocenters. The molecule has 3 heteroatoms. The Morgan fingerprint density at radius 3 is 2.62 bits per heavy atom. The zero-order valence-electron chi connectivity index (χ0n) is 9.27. The minimum Gasteiger partial charge on any atom is -0.478 e. The van der Waals surface area contributed by atoms with Gasteiger partial charge in [-0.05, 0) is 17.5 Å². The van der Waals surface area contributed by atoms with E-state index in [0.29, 0.717) is 5.56 Å². The average molecular weight is 215 g/mol. The summed E-state index contributed by atoms with van der Waals surface area (Å²) >= 11 is 0. The highest BCUT2D eigenvalue weighted by Crippen LogP contribution is 2.27. The van der Waals surface area contributed by atoms with E-state index in [-0.39, 0.29) is 5.92 Å². The summed E-state index contributed by atoms with van der Waals surface area (Å²) in [6.45, 7) is 3.99. The van der Waals surface area contributed by atoms with Gasteiger partial charge in [0.05, 0.1) is 11.1 Å². The number of carboxylic acids is 1. The first-order valence-electron chi connectivity index (χ1n) is 5.22.